The Bertz CT molecular complexity index is 804. The normalized spacial score (nSPS) is 12.0. The molecule has 0 aromatic heterocycles. The van der Waals surface area contributed by atoms with Crippen LogP contribution in [0.25, 0.3) is 0 Å². The molecule has 2 N–H and O–H groups in total. The SMILES string of the molecule is CCNC(=NCC(O)c1cccc(OC)c1)N(C)Cc1ccc(OC)c(F)c1.I. The third-order valence-electron chi connectivity index (χ3n) is 4.22. The van der Waals surface area contributed by atoms with Gasteiger partial charge in [-0.1, -0.05) is 18.2 Å². The smallest absolute Gasteiger partial charge is 0.194 e. The largest absolute Gasteiger partial charge is 0.497 e. The van der Waals surface area contributed by atoms with Crippen LogP contribution >= 0.6 is 24.0 Å². The summed E-state index contributed by atoms with van der Waals surface area (Å²) in [5.41, 5.74) is 1.53. The highest BCUT2D eigenvalue weighted by atomic mass is 127. The quantitative estimate of drug-likeness (QED) is 0.319. The van der Waals surface area contributed by atoms with Crippen molar-refractivity contribution in [3.63, 3.8) is 0 Å². The van der Waals surface area contributed by atoms with Crippen LogP contribution in [-0.2, 0) is 6.54 Å². The van der Waals surface area contributed by atoms with E-state index in [-0.39, 0.29) is 36.3 Å². The lowest BCUT2D eigenvalue weighted by Gasteiger charge is -2.23. The number of nitrogens with one attached hydrogen (secondary N) is 1. The van der Waals surface area contributed by atoms with Crippen LogP contribution in [0.2, 0.25) is 0 Å². The van der Waals surface area contributed by atoms with E-state index < -0.39 is 11.9 Å². The van der Waals surface area contributed by atoms with Crippen molar-refractivity contribution in [2.45, 2.75) is 19.6 Å². The van der Waals surface area contributed by atoms with Gasteiger partial charge in [-0.25, -0.2) is 4.39 Å². The van der Waals surface area contributed by atoms with Crippen LogP contribution in [0.1, 0.15) is 24.2 Å². The van der Waals surface area contributed by atoms with Gasteiger partial charge < -0.3 is 24.8 Å². The molecule has 0 saturated heterocycles. The Kier molecular flexibility index (Phi) is 10.7. The molecule has 0 bridgehead atoms. The summed E-state index contributed by atoms with van der Waals surface area (Å²) in [6.07, 6.45) is -0.754. The van der Waals surface area contributed by atoms with Crippen molar-refractivity contribution in [3.8, 4) is 11.5 Å². The summed E-state index contributed by atoms with van der Waals surface area (Å²) in [5, 5.41) is 13.6. The first-order valence-electron chi connectivity index (χ1n) is 9.12. The van der Waals surface area contributed by atoms with Gasteiger partial charge in [0.05, 0.1) is 26.9 Å². The summed E-state index contributed by atoms with van der Waals surface area (Å²) in [6.45, 7) is 3.29. The minimum absolute atomic E-state index is 0. The van der Waals surface area contributed by atoms with Crippen molar-refractivity contribution >= 4 is 29.9 Å². The van der Waals surface area contributed by atoms with Crippen molar-refractivity contribution in [1.29, 1.82) is 0 Å². The van der Waals surface area contributed by atoms with Gasteiger partial charge in [0, 0.05) is 20.1 Å². The maximum absolute atomic E-state index is 13.9. The first-order chi connectivity index (χ1) is 13.5. The fourth-order valence-corrected chi connectivity index (χ4v) is 2.75. The summed E-state index contributed by atoms with van der Waals surface area (Å²) >= 11 is 0. The molecule has 6 nitrogen and oxygen atoms in total. The summed E-state index contributed by atoms with van der Waals surface area (Å²) in [7, 11) is 4.89. The molecule has 2 aromatic rings. The fourth-order valence-electron chi connectivity index (χ4n) is 2.75. The van der Waals surface area contributed by atoms with Gasteiger partial charge in [0.2, 0.25) is 0 Å². The molecule has 0 saturated carbocycles. The van der Waals surface area contributed by atoms with Crippen molar-refractivity contribution in [3.05, 3.63) is 59.4 Å². The molecule has 8 heteroatoms. The van der Waals surface area contributed by atoms with E-state index in [1.54, 1.807) is 19.2 Å². The minimum Gasteiger partial charge on any atom is -0.497 e. The van der Waals surface area contributed by atoms with E-state index in [1.165, 1.54) is 13.2 Å². The van der Waals surface area contributed by atoms with Crippen LogP contribution in [0.4, 0.5) is 4.39 Å². The molecule has 160 valence electrons. The number of guanidine groups is 1. The van der Waals surface area contributed by atoms with Gasteiger partial charge in [-0.05, 0) is 42.3 Å². The molecule has 0 aliphatic rings. The van der Waals surface area contributed by atoms with Gasteiger partial charge in [-0.2, -0.15) is 0 Å². The van der Waals surface area contributed by atoms with Gasteiger partial charge in [-0.3, -0.25) is 4.99 Å². The number of rotatable bonds is 8. The number of aliphatic hydroxyl groups excluding tert-OH is 1. The van der Waals surface area contributed by atoms with Crippen LogP contribution < -0.4 is 14.8 Å². The number of hydrogen-bond donors (Lipinski definition) is 2. The number of aliphatic imine (C=N–C) groups is 1. The molecule has 0 spiro atoms. The lowest BCUT2D eigenvalue weighted by molar-refractivity contribution is 0.186. The zero-order valence-corrected chi connectivity index (χ0v) is 19.5. The predicted octanol–water partition coefficient (Wildman–Crippen LogP) is 3.59. The molecule has 0 aliphatic carbocycles. The number of methoxy groups -OCH3 is 2. The van der Waals surface area contributed by atoms with Crippen LogP contribution in [0.3, 0.4) is 0 Å². The number of halogens is 2. The Labute approximate surface area is 188 Å². The summed E-state index contributed by atoms with van der Waals surface area (Å²) in [4.78, 5) is 6.40. The average Bonchev–Trinajstić information content (AvgIpc) is 2.71. The van der Waals surface area contributed by atoms with Gasteiger partial charge in [0.25, 0.3) is 0 Å². The monoisotopic (exact) mass is 517 g/mol. The number of ether oxygens (including phenoxy) is 2. The summed E-state index contributed by atoms with van der Waals surface area (Å²) in [5.74, 6) is 1.13. The lowest BCUT2D eigenvalue weighted by atomic mass is 10.1. The first-order valence-corrected chi connectivity index (χ1v) is 9.12. The second-order valence-corrected chi connectivity index (χ2v) is 6.31. The van der Waals surface area contributed by atoms with Crippen LogP contribution in [0, 0.1) is 5.82 Å². The molecule has 2 aromatic carbocycles. The van der Waals surface area contributed by atoms with Gasteiger partial charge in [-0.15, -0.1) is 24.0 Å². The number of benzene rings is 2. The van der Waals surface area contributed by atoms with Crippen LogP contribution in [0.15, 0.2) is 47.5 Å². The highest BCUT2D eigenvalue weighted by molar-refractivity contribution is 14.0. The van der Waals surface area contributed by atoms with Gasteiger partial charge >= 0.3 is 0 Å². The fraction of sp³-hybridized carbons (Fsp3) is 0.381. The maximum atomic E-state index is 13.9. The van der Waals surface area contributed by atoms with E-state index in [4.69, 9.17) is 9.47 Å². The number of aliphatic hydroxyl groups is 1. The van der Waals surface area contributed by atoms with E-state index >= 15 is 0 Å². The molecule has 1 unspecified atom stereocenters. The second-order valence-electron chi connectivity index (χ2n) is 6.31. The molecule has 0 heterocycles. The molecule has 0 aliphatic heterocycles. The van der Waals surface area contributed by atoms with Crippen molar-refractivity contribution in [1.82, 2.24) is 10.2 Å². The van der Waals surface area contributed by atoms with E-state index in [1.807, 2.05) is 43.1 Å². The van der Waals surface area contributed by atoms with Crippen molar-refractivity contribution in [2.24, 2.45) is 4.99 Å². The van der Waals surface area contributed by atoms with E-state index in [2.05, 4.69) is 10.3 Å². The highest BCUT2D eigenvalue weighted by Gasteiger charge is 2.12. The number of hydrogen-bond acceptors (Lipinski definition) is 4. The third-order valence-corrected chi connectivity index (χ3v) is 4.22. The maximum Gasteiger partial charge on any atom is 0.194 e. The molecule has 2 rings (SSSR count). The molecule has 29 heavy (non-hydrogen) atoms. The molecule has 1 atom stereocenters. The van der Waals surface area contributed by atoms with Crippen LogP contribution in [0.5, 0.6) is 11.5 Å². The molecular formula is C21H29FIN3O3. The predicted molar refractivity (Wildman–Crippen MR) is 124 cm³/mol. The standard InChI is InChI=1S/C21H28FN3O3.HI/c1-5-23-21(24-13-19(26)16-7-6-8-17(12-16)27-3)25(2)14-15-9-10-20(28-4)18(22)11-15;/h6-12,19,26H,5,13-14H2,1-4H3,(H,23,24);1H. The van der Waals surface area contributed by atoms with Crippen LogP contribution in [-0.4, -0.2) is 50.3 Å². The second kappa shape index (κ2) is 12.5. The van der Waals surface area contributed by atoms with E-state index in [0.717, 1.165) is 11.1 Å². The topological polar surface area (TPSA) is 66.3 Å². The summed E-state index contributed by atoms with van der Waals surface area (Å²) in [6, 6.07) is 12.1. The van der Waals surface area contributed by atoms with E-state index in [0.29, 0.717) is 24.8 Å². The molecule has 0 fully saturated rings. The van der Waals surface area contributed by atoms with E-state index in [9.17, 15) is 9.50 Å². The number of nitrogens with zero attached hydrogens (tertiary/aromatic N) is 2. The Morgan fingerprint density at radius 1 is 1.21 bits per heavy atom. The Morgan fingerprint density at radius 2 is 1.97 bits per heavy atom. The molecule has 0 amide bonds. The third kappa shape index (κ3) is 7.36. The Hall–Kier alpha value is -2.07. The zero-order valence-electron chi connectivity index (χ0n) is 17.2. The van der Waals surface area contributed by atoms with Crippen molar-refractivity contribution in [2.75, 3.05) is 34.4 Å². The van der Waals surface area contributed by atoms with Gasteiger partial charge in [0.15, 0.2) is 17.5 Å². The Balaban J connectivity index is 0.00000420. The molecular weight excluding hydrogens is 488 g/mol. The minimum atomic E-state index is -0.754. The van der Waals surface area contributed by atoms with Crippen molar-refractivity contribution < 1.29 is 19.0 Å². The zero-order chi connectivity index (χ0) is 20.5. The highest BCUT2D eigenvalue weighted by Crippen LogP contribution is 2.20. The lowest BCUT2D eigenvalue weighted by Crippen LogP contribution is -2.38. The van der Waals surface area contributed by atoms with Gasteiger partial charge in [0.1, 0.15) is 5.75 Å². The Morgan fingerprint density at radius 3 is 2.59 bits per heavy atom. The summed E-state index contributed by atoms with van der Waals surface area (Å²) < 4.78 is 24.1. The average molecular weight is 517 g/mol. The molecule has 0 radical (unpaired) electrons. The first kappa shape index (κ1) is 25.0.